The van der Waals surface area contributed by atoms with Gasteiger partial charge in [0.1, 0.15) is 17.9 Å². The average molecular weight is 364 g/mol. The van der Waals surface area contributed by atoms with Crippen LogP contribution in [-0.2, 0) is 4.79 Å². The number of Topliss-reactive ketones (excluding diaryl/α,β-unsaturated/α-hetero) is 1. The van der Waals surface area contributed by atoms with Crippen molar-refractivity contribution in [3.05, 3.63) is 58.5 Å². The van der Waals surface area contributed by atoms with Crippen LogP contribution in [0.2, 0.25) is 0 Å². The lowest BCUT2D eigenvalue weighted by Crippen LogP contribution is -2.41. The van der Waals surface area contributed by atoms with Crippen LogP contribution >= 0.6 is 11.3 Å². The molecule has 0 saturated heterocycles. The minimum absolute atomic E-state index is 0.169. The summed E-state index contributed by atoms with van der Waals surface area (Å²) < 4.78 is 1.70. The number of carbonyl (C=O) groups is 1. The third-order valence-electron chi connectivity index (χ3n) is 5.14. The van der Waals surface area contributed by atoms with E-state index in [1.807, 2.05) is 17.5 Å². The highest BCUT2D eigenvalue weighted by molar-refractivity contribution is 7.10. The molecule has 3 atom stereocenters. The number of thiophene rings is 1. The largest absolute Gasteiger partial charge is 0.508 e. The van der Waals surface area contributed by atoms with E-state index in [4.69, 9.17) is 0 Å². The van der Waals surface area contributed by atoms with Crippen LogP contribution in [0, 0.1) is 5.92 Å². The zero-order valence-corrected chi connectivity index (χ0v) is 14.6. The van der Waals surface area contributed by atoms with Crippen LogP contribution in [0.25, 0.3) is 0 Å². The van der Waals surface area contributed by atoms with Crippen LogP contribution in [0.5, 0.6) is 5.75 Å². The Morgan fingerprint density at radius 1 is 1.19 bits per heavy atom. The minimum atomic E-state index is -0.359. The fourth-order valence-corrected chi connectivity index (χ4v) is 4.87. The van der Waals surface area contributed by atoms with Gasteiger partial charge in [-0.3, -0.25) is 4.79 Å². The number of rotatable bonds is 2. The molecule has 5 rings (SSSR count). The summed E-state index contributed by atoms with van der Waals surface area (Å²) in [6.07, 6.45) is 2.72. The van der Waals surface area contributed by atoms with Crippen molar-refractivity contribution in [3.63, 3.8) is 0 Å². The SMILES string of the molecule is O=C1CC(c2cccs2)CC2=Nc3ncnn3C(c3cccc(O)c3)C12. The summed E-state index contributed by atoms with van der Waals surface area (Å²) in [5.74, 6) is 0.680. The molecule has 3 unspecified atom stereocenters. The number of phenolic OH excluding ortho intramolecular Hbond substituents is 1. The van der Waals surface area contributed by atoms with E-state index in [0.717, 1.165) is 17.7 Å². The monoisotopic (exact) mass is 364 g/mol. The van der Waals surface area contributed by atoms with Gasteiger partial charge in [0.15, 0.2) is 0 Å². The number of benzene rings is 1. The van der Waals surface area contributed by atoms with Crippen LogP contribution in [0.4, 0.5) is 5.95 Å². The second-order valence-electron chi connectivity index (χ2n) is 6.71. The smallest absolute Gasteiger partial charge is 0.248 e. The molecular formula is C19H16N4O2S. The first-order valence-electron chi connectivity index (χ1n) is 8.52. The Kier molecular flexibility index (Phi) is 3.49. The molecule has 2 aliphatic rings. The summed E-state index contributed by atoms with van der Waals surface area (Å²) in [5, 5.41) is 16.3. The number of ketones is 1. The molecule has 130 valence electrons. The molecule has 2 aromatic heterocycles. The van der Waals surface area contributed by atoms with Crippen molar-refractivity contribution in [1.82, 2.24) is 14.8 Å². The summed E-state index contributed by atoms with van der Waals surface area (Å²) in [5.41, 5.74) is 1.71. The molecule has 26 heavy (non-hydrogen) atoms. The normalized spacial score (nSPS) is 24.7. The Morgan fingerprint density at radius 2 is 2.12 bits per heavy atom. The third kappa shape index (κ3) is 2.39. The fraction of sp³-hybridized carbons (Fsp3) is 0.263. The molecule has 1 aromatic carbocycles. The standard InChI is InChI=1S/C19H16N4O2S/c24-13-4-1-3-11(7-13)18-17-14(22-19-20-10-21-23(18)19)8-12(9-15(17)25)16-5-2-6-26-16/h1-7,10,12,17-18,24H,8-9H2. The van der Waals surface area contributed by atoms with Gasteiger partial charge in [-0.1, -0.05) is 18.2 Å². The van der Waals surface area contributed by atoms with Crippen molar-refractivity contribution in [3.8, 4) is 5.75 Å². The number of aromatic nitrogens is 3. The van der Waals surface area contributed by atoms with Gasteiger partial charge in [-0.15, -0.1) is 11.3 Å². The number of hydrogen-bond donors (Lipinski definition) is 1. The topological polar surface area (TPSA) is 80.4 Å². The first kappa shape index (κ1) is 15.5. The van der Waals surface area contributed by atoms with Crippen molar-refractivity contribution in [2.45, 2.75) is 24.8 Å². The molecule has 7 heteroatoms. The summed E-state index contributed by atoms with van der Waals surface area (Å²) >= 11 is 1.68. The summed E-state index contributed by atoms with van der Waals surface area (Å²) in [7, 11) is 0. The van der Waals surface area contributed by atoms with E-state index in [0.29, 0.717) is 12.4 Å². The van der Waals surface area contributed by atoms with Gasteiger partial charge in [0.05, 0.1) is 12.0 Å². The van der Waals surface area contributed by atoms with Crippen LogP contribution in [0.15, 0.2) is 53.1 Å². The molecular weight excluding hydrogens is 348 g/mol. The Bertz CT molecular complexity index is 1010. The molecule has 1 aliphatic heterocycles. The van der Waals surface area contributed by atoms with Gasteiger partial charge in [0.2, 0.25) is 5.95 Å². The number of hydrogen-bond acceptors (Lipinski definition) is 6. The Balaban J connectivity index is 1.61. The van der Waals surface area contributed by atoms with Gasteiger partial charge in [-0.25, -0.2) is 9.67 Å². The first-order valence-corrected chi connectivity index (χ1v) is 9.40. The third-order valence-corrected chi connectivity index (χ3v) is 6.18. The molecule has 1 N–H and O–H groups in total. The highest BCUT2D eigenvalue weighted by Gasteiger charge is 2.44. The van der Waals surface area contributed by atoms with Crippen molar-refractivity contribution >= 4 is 28.8 Å². The number of aliphatic imine (C=N–C) groups is 1. The van der Waals surface area contributed by atoms with E-state index in [1.165, 1.54) is 11.2 Å². The highest BCUT2D eigenvalue weighted by Crippen LogP contribution is 2.44. The molecule has 0 radical (unpaired) electrons. The number of carbonyl (C=O) groups excluding carboxylic acids is 1. The number of nitrogens with zero attached hydrogens (tertiary/aromatic N) is 4. The van der Waals surface area contributed by atoms with Crippen LogP contribution in [0.1, 0.15) is 35.2 Å². The van der Waals surface area contributed by atoms with Gasteiger partial charge < -0.3 is 5.11 Å². The zero-order chi connectivity index (χ0) is 17.7. The summed E-state index contributed by atoms with van der Waals surface area (Å²) in [6, 6.07) is 10.8. The van der Waals surface area contributed by atoms with Gasteiger partial charge in [0.25, 0.3) is 0 Å². The fourth-order valence-electron chi connectivity index (χ4n) is 4.04. The summed E-state index contributed by atoms with van der Waals surface area (Å²) in [4.78, 5) is 23.3. The zero-order valence-electron chi connectivity index (χ0n) is 13.8. The maximum absolute atomic E-state index is 13.1. The van der Waals surface area contributed by atoms with E-state index >= 15 is 0 Å². The van der Waals surface area contributed by atoms with Crippen LogP contribution in [-0.4, -0.2) is 31.4 Å². The number of phenols is 1. The quantitative estimate of drug-likeness (QED) is 0.755. The second-order valence-corrected chi connectivity index (χ2v) is 7.69. The van der Waals surface area contributed by atoms with E-state index in [2.05, 4.69) is 21.1 Å². The molecule has 0 spiro atoms. The molecule has 0 bridgehead atoms. The highest BCUT2D eigenvalue weighted by atomic mass is 32.1. The van der Waals surface area contributed by atoms with Crippen molar-refractivity contribution < 1.29 is 9.90 Å². The Morgan fingerprint density at radius 3 is 2.92 bits per heavy atom. The molecule has 1 fully saturated rings. The lowest BCUT2D eigenvalue weighted by molar-refractivity contribution is -0.122. The van der Waals surface area contributed by atoms with E-state index in [-0.39, 0.29) is 29.4 Å². The van der Waals surface area contributed by atoms with Crippen molar-refractivity contribution in [2.75, 3.05) is 0 Å². The predicted molar refractivity (Wildman–Crippen MR) is 98.2 cm³/mol. The van der Waals surface area contributed by atoms with E-state index in [9.17, 15) is 9.90 Å². The molecule has 1 saturated carbocycles. The molecule has 6 nitrogen and oxygen atoms in total. The van der Waals surface area contributed by atoms with Gasteiger partial charge in [-0.2, -0.15) is 10.1 Å². The number of fused-ring (bicyclic) bond motifs is 2. The molecule has 0 amide bonds. The lowest BCUT2D eigenvalue weighted by atomic mass is 9.73. The van der Waals surface area contributed by atoms with Crippen molar-refractivity contribution in [2.24, 2.45) is 10.9 Å². The Hall–Kier alpha value is -2.80. The van der Waals surface area contributed by atoms with Crippen LogP contribution < -0.4 is 0 Å². The van der Waals surface area contributed by atoms with E-state index < -0.39 is 0 Å². The maximum atomic E-state index is 13.1. The van der Waals surface area contributed by atoms with E-state index in [1.54, 1.807) is 34.2 Å². The molecule has 1 aliphatic carbocycles. The summed E-state index contributed by atoms with van der Waals surface area (Å²) in [6.45, 7) is 0. The van der Waals surface area contributed by atoms with Crippen molar-refractivity contribution in [1.29, 1.82) is 0 Å². The molecule has 3 heterocycles. The average Bonchev–Trinajstić information content (AvgIpc) is 3.31. The number of aromatic hydroxyl groups is 1. The molecule has 3 aromatic rings. The lowest BCUT2D eigenvalue weighted by Gasteiger charge is -2.36. The minimum Gasteiger partial charge on any atom is -0.508 e. The predicted octanol–water partition coefficient (Wildman–Crippen LogP) is 3.48. The van der Waals surface area contributed by atoms with Gasteiger partial charge in [-0.05, 0) is 35.6 Å². The maximum Gasteiger partial charge on any atom is 0.248 e. The Labute approximate surface area is 153 Å². The van der Waals surface area contributed by atoms with Gasteiger partial charge in [0, 0.05) is 22.9 Å². The second kappa shape index (κ2) is 5.88. The first-order chi connectivity index (χ1) is 12.7. The van der Waals surface area contributed by atoms with Crippen LogP contribution in [0.3, 0.4) is 0 Å². The van der Waals surface area contributed by atoms with Gasteiger partial charge >= 0.3 is 0 Å².